The molecule has 4 fully saturated rings. The second-order valence-corrected chi connectivity index (χ2v) is 17.4. The van der Waals surface area contributed by atoms with E-state index in [1.165, 1.54) is 46.5 Å². The fourth-order valence-corrected chi connectivity index (χ4v) is 8.64. The number of aliphatic hydroxyl groups excluding tert-OH is 1. The van der Waals surface area contributed by atoms with Crippen molar-refractivity contribution < 1.29 is 27.9 Å². The molecule has 320 valence electrons. The van der Waals surface area contributed by atoms with Crippen LogP contribution in [0.4, 0.5) is 24.5 Å². The molecule has 19 heteroatoms. The van der Waals surface area contributed by atoms with Gasteiger partial charge in [-0.25, -0.2) is 13.2 Å². The second kappa shape index (κ2) is 16.9. The van der Waals surface area contributed by atoms with Crippen LogP contribution in [-0.4, -0.2) is 85.1 Å². The Morgan fingerprint density at radius 3 is 1.87 bits per heavy atom. The van der Waals surface area contributed by atoms with Gasteiger partial charge in [0, 0.05) is 81.1 Å². The maximum absolute atomic E-state index is 15.1. The molecule has 0 spiro atoms. The van der Waals surface area contributed by atoms with E-state index >= 15 is 4.39 Å². The van der Waals surface area contributed by atoms with Gasteiger partial charge >= 0.3 is 0 Å². The predicted octanol–water partition coefficient (Wildman–Crippen LogP) is 4.67. The third-order valence-electron chi connectivity index (χ3n) is 11.3. The third-order valence-corrected chi connectivity index (χ3v) is 12.4. The van der Waals surface area contributed by atoms with Crippen LogP contribution in [0.15, 0.2) is 45.0 Å². The van der Waals surface area contributed by atoms with Gasteiger partial charge in [-0.1, -0.05) is 11.5 Å². The largest absolute Gasteiger partial charge is 0.389 e. The van der Waals surface area contributed by atoms with E-state index in [0.29, 0.717) is 42.5 Å². The van der Waals surface area contributed by atoms with Crippen molar-refractivity contribution in [3.63, 3.8) is 0 Å². The Morgan fingerprint density at radius 1 is 0.852 bits per heavy atom. The number of pyridine rings is 2. The first-order valence-electron chi connectivity index (χ1n) is 19.7. The molecule has 3 aromatic heterocycles. The fraction of sp³-hybridized carbons (Fsp3) is 0.405. The van der Waals surface area contributed by atoms with E-state index in [1.54, 1.807) is 30.8 Å². The molecule has 2 aromatic carbocycles. The number of carbonyl (C=O) groups is 2. The summed E-state index contributed by atoms with van der Waals surface area (Å²) in [5.74, 6) is -2.84. The second-order valence-electron chi connectivity index (χ2n) is 15.7. The lowest BCUT2D eigenvalue weighted by Crippen LogP contribution is -2.51. The van der Waals surface area contributed by atoms with Crippen molar-refractivity contribution in [2.75, 3.05) is 49.1 Å². The van der Waals surface area contributed by atoms with Crippen molar-refractivity contribution in [3.8, 4) is 6.07 Å². The average Bonchev–Trinajstić information content (AvgIpc) is 4.14. The van der Waals surface area contributed by atoms with Gasteiger partial charge in [-0.15, -0.1) is 0 Å². The number of ketones is 2. The number of aromatic nitrogens is 3. The summed E-state index contributed by atoms with van der Waals surface area (Å²) < 4.78 is 49.4. The summed E-state index contributed by atoms with van der Waals surface area (Å²) in [7, 11) is 1.65. The van der Waals surface area contributed by atoms with Crippen LogP contribution < -0.4 is 32.0 Å². The van der Waals surface area contributed by atoms with Gasteiger partial charge in [0.05, 0.1) is 39.3 Å². The number of halogens is 3. The van der Waals surface area contributed by atoms with E-state index in [0.717, 1.165) is 36.6 Å². The quantitative estimate of drug-likeness (QED) is 0.178. The molecule has 0 unspecified atom stereocenters. The number of nitrogens with zero attached hydrogens (tertiary/aromatic N) is 7. The number of β-amino-alcohol motifs (C(OH)–C–C–N with tert-alkyl or cyclic N) is 1. The molecule has 2 aliphatic heterocycles. The molecule has 0 atom stereocenters. The molecular weight excluding hydrogens is 834 g/mol. The smallest absolute Gasteiger partial charge is 0.278 e. The van der Waals surface area contributed by atoms with Crippen LogP contribution in [0.1, 0.15) is 82.8 Å². The van der Waals surface area contributed by atoms with E-state index < -0.39 is 40.2 Å². The molecule has 0 bridgehead atoms. The van der Waals surface area contributed by atoms with Crippen molar-refractivity contribution >= 4 is 73.6 Å². The minimum absolute atomic E-state index is 0.0148. The van der Waals surface area contributed by atoms with Gasteiger partial charge in [-0.05, 0) is 76.9 Å². The fourth-order valence-electron chi connectivity index (χ4n) is 7.65. The molecule has 3 N–H and O–H groups in total. The Labute approximate surface area is 356 Å². The maximum atomic E-state index is 15.1. The highest BCUT2D eigenvalue weighted by Gasteiger charge is 2.34. The number of anilines is 2. The number of fused-ring (bicyclic) bond motifs is 2. The monoisotopic (exact) mass is 876 g/mol. The highest BCUT2D eigenvalue weighted by atomic mass is 32.1. The Kier molecular flexibility index (Phi) is 12.0. The van der Waals surface area contributed by atoms with Crippen LogP contribution in [0, 0.1) is 35.7 Å². The molecule has 9 rings (SSSR count). The van der Waals surface area contributed by atoms with Crippen molar-refractivity contribution in [3.05, 3.63) is 100 Å². The van der Waals surface area contributed by atoms with E-state index in [1.807, 2.05) is 20.4 Å². The minimum Gasteiger partial charge on any atom is -0.389 e. The van der Waals surface area contributed by atoms with Crippen LogP contribution in [0.3, 0.4) is 0 Å². The lowest BCUT2D eigenvalue weighted by molar-refractivity contribution is 0.100. The van der Waals surface area contributed by atoms with E-state index in [4.69, 9.17) is 23.2 Å². The first kappa shape index (κ1) is 43.3. The van der Waals surface area contributed by atoms with E-state index in [2.05, 4.69) is 0 Å². The summed E-state index contributed by atoms with van der Waals surface area (Å²) >= 11 is 6.31. The Bertz CT molecular complexity index is 2860. The number of nitriles is 1. The van der Waals surface area contributed by atoms with Crippen LogP contribution in [-0.2, 0) is 7.05 Å². The van der Waals surface area contributed by atoms with Gasteiger partial charge in [0.25, 0.3) is 5.56 Å². The lowest BCUT2D eigenvalue weighted by atomic mass is 10.0. The number of Topliss-reactive ketones (excluding diaryl/α,β-unsaturated/α-hetero) is 2. The number of aryl methyl sites for hydroxylation is 2. The summed E-state index contributed by atoms with van der Waals surface area (Å²) in [6, 6.07) is 6.16. The number of benzene rings is 2. The highest BCUT2D eigenvalue weighted by Crippen LogP contribution is 2.41. The summed E-state index contributed by atoms with van der Waals surface area (Å²) in [5.41, 5.74) is 5.71. The molecule has 5 heterocycles. The molecule has 2 saturated heterocycles. The number of piperazine rings is 1. The van der Waals surface area contributed by atoms with E-state index in [9.17, 15) is 37.9 Å². The number of thiocarbonyl (C=S) groups is 1. The Morgan fingerprint density at radius 2 is 1.39 bits per heavy atom. The van der Waals surface area contributed by atoms with Gasteiger partial charge in [-0.2, -0.15) is 5.26 Å². The molecule has 5 aromatic rings. The van der Waals surface area contributed by atoms with E-state index in [-0.39, 0.29) is 75.2 Å². The van der Waals surface area contributed by atoms with Gasteiger partial charge < -0.3 is 34.7 Å². The number of rotatable bonds is 6. The molecule has 2 saturated carbocycles. The van der Waals surface area contributed by atoms with Crippen molar-refractivity contribution in [1.82, 2.24) is 18.0 Å². The van der Waals surface area contributed by atoms with Crippen molar-refractivity contribution in [2.45, 2.75) is 64.6 Å². The Balaban J connectivity index is 0.000000151. The minimum atomic E-state index is -0.855. The Hall–Kier alpha value is -5.84. The maximum Gasteiger partial charge on any atom is 0.278 e. The summed E-state index contributed by atoms with van der Waals surface area (Å²) in [6.45, 7) is 7.16. The zero-order chi connectivity index (χ0) is 44.2. The van der Waals surface area contributed by atoms with Gasteiger partial charge in [0.1, 0.15) is 29.0 Å². The van der Waals surface area contributed by atoms with Crippen LogP contribution in [0.5, 0.6) is 0 Å². The van der Waals surface area contributed by atoms with Crippen LogP contribution >= 0.6 is 23.8 Å². The number of hydrogen-bond donors (Lipinski definition) is 2. The molecule has 0 amide bonds. The molecular formula is C42H43F3N8O6S2. The molecule has 0 radical (unpaired) electrons. The number of aliphatic hydroxyl groups is 1. The number of hydrogen-bond acceptors (Lipinski definition) is 11. The predicted molar refractivity (Wildman–Crippen MR) is 231 cm³/mol. The SMILES string of the molecule is CC(=O)c1cn(C2CC2)c2c(F)c(N3CC(O)C3)c(F)cc2c1=O.CC(=O)c1cn(C2CC2)c2cc(N3CCN(C(N)=S)CC3)c(F)cc2c1=O.Cc1sn(C)c(=O)c1C#N. The zero-order valence-electron chi connectivity index (χ0n) is 33.8. The van der Waals surface area contributed by atoms with Gasteiger partial charge in [0.2, 0.25) is 0 Å². The summed E-state index contributed by atoms with van der Waals surface area (Å²) in [6.07, 6.45) is 6.06. The number of carbonyl (C=O) groups excluding carboxylic acids is 2. The zero-order valence-corrected chi connectivity index (χ0v) is 35.5. The first-order valence-corrected chi connectivity index (χ1v) is 20.9. The summed E-state index contributed by atoms with van der Waals surface area (Å²) in [5, 5.41) is 18.3. The molecule has 61 heavy (non-hydrogen) atoms. The number of nitrogens with two attached hydrogens (primary N) is 1. The lowest BCUT2D eigenvalue weighted by Gasteiger charge is -2.38. The molecule has 14 nitrogen and oxygen atoms in total. The third kappa shape index (κ3) is 8.44. The standard InChI is InChI=1S/C19H21FN4O2S.C17H16F2N2O3.C6H6N2OS/c1-11(25)14-10-24(12-2-3-12)16-9-17(15(20)8-13(16)18(14)26)22-4-6-23(7-5-22)19(21)27;1-8(22)12-7-21(9-2-3-9)15-11(17(12)24)4-13(18)16(14(15)19)20-5-10(23)6-20;1-4-5(3-7)6(9)8(2)10-4/h8-10,12H,2-7H2,1H3,(H2,21,27);4,7,9-10,23H,2-3,5-6H2,1H3;1-2H3. The normalized spacial score (nSPS) is 16.3. The van der Waals surface area contributed by atoms with Gasteiger partial charge in [-0.3, -0.25) is 27.9 Å². The molecule has 2 aliphatic carbocycles. The summed E-state index contributed by atoms with van der Waals surface area (Å²) in [4.78, 5) is 65.7. The molecule has 4 aliphatic rings. The topological polar surface area (TPSA) is 180 Å². The van der Waals surface area contributed by atoms with Gasteiger partial charge in [0.15, 0.2) is 33.4 Å². The van der Waals surface area contributed by atoms with Crippen LogP contribution in [0.25, 0.3) is 21.8 Å². The van der Waals surface area contributed by atoms with Crippen molar-refractivity contribution in [1.29, 1.82) is 5.26 Å². The van der Waals surface area contributed by atoms with Crippen LogP contribution in [0.2, 0.25) is 0 Å². The van der Waals surface area contributed by atoms with Crippen molar-refractivity contribution in [2.24, 2.45) is 12.8 Å². The first-order chi connectivity index (χ1) is 28.9. The highest BCUT2D eigenvalue weighted by molar-refractivity contribution is 7.80. The average molecular weight is 877 g/mol.